The number of benzene rings is 4. The number of unbranched alkanes of at least 4 members (excludes halogenated alkanes) is 2. The molecule has 0 unspecified atom stereocenters. The number of halogens is 2. The summed E-state index contributed by atoms with van der Waals surface area (Å²) in [7, 11) is -7.45. The molecule has 2 aliphatic carbocycles. The van der Waals surface area contributed by atoms with E-state index in [1.807, 2.05) is 19.1 Å². The number of likely N-dealkylation sites (tertiary alicyclic amines) is 2. The number of fused-ring (bicyclic) bond motifs is 2. The van der Waals surface area contributed by atoms with E-state index in [1.165, 1.54) is 6.07 Å². The molecule has 6 atom stereocenters. The highest BCUT2D eigenvalue weighted by molar-refractivity contribution is 7.91. The van der Waals surface area contributed by atoms with Gasteiger partial charge in [0.05, 0.1) is 85.5 Å². The zero-order chi connectivity index (χ0) is 64.2. The highest BCUT2D eigenvalue weighted by atomic mass is 35.5. The molecule has 4 aromatic rings. The van der Waals surface area contributed by atoms with E-state index in [-0.39, 0.29) is 97.7 Å². The Balaban J connectivity index is 0.597. The summed E-state index contributed by atoms with van der Waals surface area (Å²) in [5, 5.41) is 16.4. The van der Waals surface area contributed by atoms with Gasteiger partial charge in [-0.25, -0.2) is 31.2 Å². The lowest BCUT2D eigenvalue weighted by molar-refractivity contribution is -0.119. The number of piperidine rings is 2. The first-order chi connectivity index (χ1) is 43.3. The Morgan fingerprint density at radius 3 is 1.79 bits per heavy atom. The summed E-state index contributed by atoms with van der Waals surface area (Å²) in [6.45, 7) is 17.6. The van der Waals surface area contributed by atoms with Gasteiger partial charge in [-0.15, -0.1) is 0 Å². The molecule has 21 nitrogen and oxygen atoms in total. The second kappa shape index (κ2) is 34.4. The summed E-state index contributed by atoms with van der Waals surface area (Å²) < 4.78 is 91.5. The van der Waals surface area contributed by atoms with Gasteiger partial charge >= 0.3 is 6.03 Å². The van der Waals surface area contributed by atoms with Crippen molar-refractivity contribution in [3.05, 3.63) is 121 Å². The van der Waals surface area contributed by atoms with Crippen LogP contribution < -0.4 is 36.3 Å². The molecule has 4 aromatic carbocycles. The molecular weight excluding hydrogens is 1230 g/mol. The number of nitriles is 1. The normalized spacial score (nSPS) is 20.2. The number of hydrogen-bond acceptors (Lipinski definition) is 17. The molecule has 8 rings (SSSR count). The highest BCUT2D eigenvalue weighted by Gasteiger charge is 2.43. The molecule has 0 radical (unpaired) electrons. The largest absolute Gasteiger partial charge is 0.484 e. The topological polar surface area (TPSA) is 281 Å². The Labute approximate surface area is 540 Å². The van der Waals surface area contributed by atoms with E-state index in [0.717, 1.165) is 93.4 Å². The van der Waals surface area contributed by atoms with Gasteiger partial charge < -0.3 is 50.5 Å². The summed E-state index contributed by atoms with van der Waals surface area (Å²) in [4.78, 5) is 33.4. The van der Waals surface area contributed by atoms with E-state index in [1.54, 1.807) is 49.4 Å². The number of ether oxygens (including phenoxy) is 6. The van der Waals surface area contributed by atoms with Crippen LogP contribution in [0.5, 0.6) is 11.5 Å². The lowest BCUT2D eigenvalue weighted by Crippen LogP contribution is -2.49. The van der Waals surface area contributed by atoms with Gasteiger partial charge in [-0.3, -0.25) is 14.6 Å². The minimum Gasteiger partial charge on any atom is -0.484 e. The Morgan fingerprint density at radius 2 is 1.19 bits per heavy atom. The minimum absolute atomic E-state index is 0.0519. The van der Waals surface area contributed by atoms with Crippen LogP contribution in [0.2, 0.25) is 10.0 Å². The van der Waals surface area contributed by atoms with Gasteiger partial charge in [0.2, 0.25) is 10.0 Å². The van der Waals surface area contributed by atoms with Crippen molar-refractivity contribution >= 4 is 60.6 Å². The number of aryl methyl sites for hydroxylation is 2. The van der Waals surface area contributed by atoms with Gasteiger partial charge in [-0.2, -0.15) is 5.26 Å². The van der Waals surface area contributed by atoms with Crippen molar-refractivity contribution < 1.29 is 54.8 Å². The van der Waals surface area contributed by atoms with E-state index in [2.05, 4.69) is 36.1 Å². The molecule has 90 heavy (non-hydrogen) atoms. The monoisotopic (exact) mass is 1320 g/mol. The molecule has 2 saturated heterocycles. The van der Waals surface area contributed by atoms with Crippen molar-refractivity contribution in [2.24, 2.45) is 11.5 Å². The van der Waals surface area contributed by atoms with E-state index in [4.69, 9.17) is 69.7 Å². The van der Waals surface area contributed by atoms with Gasteiger partial charge in [0.15, 0.2) is 15.5 Å². The molecule has 2 fully saturated rings. The van der Waals surface area contributed by atoms with Crippen LogP contribution in [0.15, 0.2) is 70.5 Å². The quantitative estimate of drug-likeness (QED) is 0.0214. The number of hydrogen-bond donors (Lipinski definition) is 5. The number of Topliss-reactive ketones (excluding diaryl/α,β-unsaturated/α-hetero) is 1. The standard InChI is InChI=1S/C65H87Cl2N9O12S2/c1-44-33-52(15-17-61(44)87-63-56-36-47(66)35-46(41-68)54(56)39-59(63)75-22-7-11-49(69)42-75)89(79,80)32-10-25-84-29-30-85-26-20-73-65(78)72-19-6-4-5-13-51(77)14-9-24-83-28-31-86-27-21-74-90(81,82)53-16-18-62(45(2)34-53)88-64-57-37-48(67)38-58(71-3)55(57)40-60(64)76-23-8-12-50(70)43-76/h15-18,33-38,49-50,59-60,63-64,74H,4-14,19-32,39-40,42-43,69-70H2,1-2H3,(H2,72,73,78)/t49-,50-,59+,60+,63+,64+/m1/s1. The van der Waals surface area contributed by atoms with Crippen molar-refractivity contribution in [1.82, 2.24) is 25.2 Å². The lowest BCUT2D eigenvalue weighted by atomic mass is 10.0. The molecule has 2 amide bonds. The van der Waals surface area contributed by atoms with Crippen LogP contribution in [-0.2, 0) is 56.4 Å². The first-order valence-corrected chi connectivity index (χ1v) is 35.3. The number of carbonyl (C=O) groups is 2. The molecule has 0 aromatic heterocycles. The maximum atomic E-state index is 13.3. The second-order valence-electron chi connectivity index (χ2n) is 23.7. The number of sulfonamides is 1. The fourth-order valence-corrected chi connectivity index (χ4v) is 15.2. The van der Waals surface area contributed by atoms with Crippen molar-refractivity contribution in [1.29, 1.82) is 5.26 Å². The number of nitrogens with zero attached hydrogens (tertiary/aromatic N) is 4. The Hall–Kier alpha value is -5.48. The summed E-state index contributed by atoms with van der Waals surface area (Å²) in [5.41, 5.74) is 18.7. The first-order valence-electron chi connectivity index (χ1n) is 31.4. The van der Waals surface area contributed by atoms with E-state index < -0.39 is 32.1 Å². The molecular formula is C65H87Cl2N9O12S2. The van der Waals surface area contributed by atoms with Crippen LogP contribution in [0.25, 0.3) is 4.85 Å². The van der Waals surface area contributed by atoms with E-state index in [0.29, 0.717) is 109 Å². The van der Waals surface area contributed by atoms with Crippen molar-refractivity contribution in [2.75, 3.05) is 104 Å². The SMILES string of the molecule is [C-]#[N+]c1cc(Cl)cc2c1C[C@H](N1CCC[C@@H](N)C1)[C@H]2Oc1ccc(S(=O)(=O)NCCOCCOCCCC(=O)CCCCCNC(=O)NCCOCCOCCCS(=O)(=O)c2ccc(O[C@H]3c4cc(Cl)cc(C#N)c4C[C@@H]3N3CCC[C@@H](N)C3)c(C)c2)cc1C. The van der Waals surface area contributed by atoms with Gasteiger partial charge in [0, 0.05) is 80.9 Å². The molecule has 4 aliphatic rings. The molecule has 25 heteroatoms. The van der Waals surface area contributed by atoms with Crippen LogP contribution in [0.1, 0.15) is 122 Å². The minimum atomic E-state index is -3.84. The number of amides is 2. The number of rotatable bonds is 35. The third-order valence-corrected chi connectivity index (χ3v) is 20.6. The number of nitrogens with two attached hydrogens (primary N) is 2. The predicted molar refractivity (Wildman–Crippen MR) is 345 cm³/mol. The molecule has 0 spiro atoms. The lowest BCUT2D eigenvalue weighted by Gasteiger charge is -2.38. The summed E-state index contributed by atoms with van der Waals surface area (Å²) in [6.07, 6.45) is 8.27. The number of carbonyl (C=O) groups excluding carboxylic acids is 2. The average molecular weight is 1320 g/mol. The fourth-order valence-electron chi connectivity index (χ4n) is 12.3. The first kappa shape index (κ1) is 70.4. The number of ketones is 1. The Kier molecular flexibility index (Phi) is 26.9. The van der Waals surface area contributed by atoms with Crippen LogP contribution in [0.3, 0.4) is 0 Å². The summed E-state index contributed by atoms with van der Waals surface area (Å²) >= 11 is 12.9. The van der Waals surface area contributed by atoms with Crippen LogP contribution >= 0.6 is 23.2 Å². The third kappa shape index (κ3) is 20.0. The Morgan fingerprint density at radius 1 is 0.656 bits per heavy atom. The highest BCUT2D eigenvalue weighted by Crippen LogP contribution is 2.46. The maximum Gasteiger partial charge on any atom is 0.314 e. The third-order valence-electron chi connectivity index (χ3n) is 16.9. The molecule has 2 heterocycles. The summed E-state index contributed by atoms with van der Waals surface area (Å²) in [5.74, 6) is 1.16. The zero-order valence-corrected chi connectivity index (χ0v) is 54.8. The van der Waals surface area contributed by atoms with Gasteiger partial charge in [-0.1, -0.05) is 29.6 Å². The van der Waals surface area contributed by atoms with Crippen molar-refractivity contribution in [3.8, 4) is 17.6 Å². The fraction of sp³-hybridized carbons (Fsp3) is 0.569. The van der Waals surface area contributed by atoms with Gasteiger partial charge in [0.1, 0.15) is 29.5 Å². The number of urea groups is 1. The predicted octanol–water partition coefficient (Wildman–Crippen LogP) is 8.39. The molecule has 0 bridgehead atoms. The number of nitrogens with one attached hydrogen (secondary N) is 3. The van der Waals surface area contributed by atoms with Crippen molar-refractivity contribution in [2.45, 2.75) is 143 Å². The van der Waals surface area contributed by atoms with Crippen LogP contribution in [0, 0.1) is 31.8 Å². The maximum absolute atomic E-state index is 13.3. The number of sulfone groups is 1. The molecule has 490 valence electrons. The van der Waals surface area contributed by atoms with Gasteiger partial charge in [0.25, 0.3) is 0 Å². The molecule has 2 aliphatic heterocycles. The van der Waals surface area contributed by atoms with Gasteiger partial charge in [-0.05, 0) is 185 Å². The smallest absolute Gasteiger partial charge is 0.314 e. The zero-order valence-electron chi connectivity index (χ0n) is 51.7. The second-order valence-corrected chi connectivity index (χ2v) is 28.4. The average Bonchev–Trinajstić information content (AvgIpc) is 1.82. The summed E-state index contributed by atoms with van der Waals surface area (Å²) in [6, 6.07) is 18.8. The Bertz CT molecular complexity index is 3180. The molecule has 7 N–H and O–H groups in total. The van der Waals surface area contributed by atoms with E-state index in [9.17, 15) is 31.7 Å². The van der Waals surface area contributed by atoms with Crippen LogP contribution in [-0.4, -0.2) is 167 Å². The van der Waals surface area contributed by atoms with Crippen molar-refractivity contribution in [3.63, 3.8) is 0 Å². The molecule has 0 saturated carbocycles. The van der Waals surface area contributed by atoms with E-state index >= 15 is 0 Å². The van der Waals surface area contributed by atoms with Crippen LogP contribution in [0.4, 0.5) is 10.5 Å².